The molecule has 0 radical (unpaired) electrons. The van der Waals surface area contributed by atoms with Gasteiger partial charge in [-0.1, -0.05) is 12.1 Å². The molecule has 3 rings (SSSR count). The summed E-state index contributed by atoms with van der Waals surface area (Å²) in [6, 6.07) is 5.20. The van der Waals surface area contributed by atoms with Gasteiger partial charge in [0.25, 0.3) is 0 Å². The highest BCUT2D eigenvalue weighted by Crippen LogP contribution is 2.37. The van der Waals surface area contributed by atoms with Crippen molar-refractivity contribution in [2.75, 3.05) is 16.8 Å². The minimum atomic E-state index is -3.00. The first kappa shape index (κ1) is 16.0. The van der Waals surface area contributed by atoms with E-state index in [1.807, 2.05) is 32.0 Å². The van der Waals surface area contributed by atoms with Gasteiger partial charge in [-0.3, -0.25) is 9.59 Å². The minimum Gasteiger partial charge on any atom is -0.352 e. The molecule has 6 nitrogen and oxygen atoms in total. The summed E-state index contributed by atoms with van der Waals surface area (Å²) in [6.45, 7) is 3.70. The van der Waals surface area contributed by atoms with Crippen LogP contribution in [0.1, 0.15) is 31.4 Å². The molecule has 2 N–H and O–H groups in total. The summed E-state index contributed by atoms with van der Waals surface area (Å²) in [4.78, 5) is 24.0. The number of amides is 2. The summed E-state index contributed by atoms with van der Waals surface area (Å²) in [5.41, 5.74) is 1.87. The van der Waals surface area contributed by atoms with Gasteiger partial charge in [-0.2, -0.15) is 0 Å². The van der Waals surface area contributed by atoms with Crippen LogP contribution in [-0.2, 0) is 31.3 Å². The van der Waals surface area contributed by atoms with Gasteiger partial charge in [0.15, 0.2) is 9.84 Å². The third kappa shape index (κ3) is 3.10. The Balaban J connectivity index is 1.69. The number of hydrogen-bond acceptors (Lipinski definition) is 4. The molecule has 2 aliphatic heterocycles. The second-order valence-corrected chi connectivity index (χ2v) is 9.03. The van der Waals surface area contributed by atoms with Crippen molar-refractivity contribution >= 4 is 27.3 Å². The predicted molar refractivity (Wildman–Crippen MR) is 87.0 cm³/mol. The highest BCUT2D eigenvalue weighted by atomic mass is 32.2. The zero-order valence-electron chi connectivity index (χ0n) is 13.2. The largest absolute Gasteiger partial charge is 0.352 e. The summed E-state index contributed by atoms with van der Waals surface area (Å²) in [6.07, 6.45) is 0.651. The summed E-state index contributed by atoms with van der Waals surface area (Å²) in [7, 11) is -3.00. The molecule has 0 spiro atoms. The van der Waals surface area contributed by atoms with Gasteiger partial charge in [-0.25, -0.2) is 8.42 Å². The van der Waals surface area contributed by atoms with Crippen LogP contribution in [-0.4, -0.2) is 37.8 Å². The number of carbonyl (C=O) groups is 2. The molecule has 1 aromatic carbocycles. The maximum absolute atomic E-state index is 12.1. The Bertz CT molecular complexity index is 783. The average Bonchev–Trinajstić information content (AvgIpc) is 2.88. The van der Waals surface area contributed by atoms with Crippen molar-refractivity contribution < 1.29 is 18.0 Å². The van der Waals surface area contributed by atoms with Gasteiger partial charge in [0.05, 0.1) is 23.3 Å². The first-order chi connectivity index (χ1) is 10.7. The molecule has 1 unspecified atom stereocenters. The summed E-state index contributed by atoms with van der Waals surface area (Å²) in [5.74, 6) is -0.0833. The lowest BCUT2D eigenvalue weighted by Crippen LogP contribution is -2.36. The maximum Gasteiger partial charge on any atom is 0.234 e. The second kappa shape index (κ2) is 5.33. The second-order valence-electron chi connectivity index (χ2n) is 6.80. The van der Waals surface area contributed by atoms with Crippen LogP contribution >= 0.6 is 0 Å². The van der Waals surface area contributed by atoms with Gasteiger partial charge in [-0.15, -0.1) is 0 Å². The van der Waals surface area contributed by atoms with Crippen LogP contribution in [0.15, 0.2) is 18.2 Å². The van der Waals surface area contributed by atoms with E-state index in [4.69, 9.17) is 0 Å². The average molecular weight is 336 g/mol. The third-order valence-electron chi connectivity index (χ3n) is 4.54. The monoisotopic (exact) mass is 336 g/mol. The van der Waals surface area contributed by atoms with Crippen molar-refractivity contribution in [3.8, 4) is 0 Å². The number of fused-ring (bicyclic) bond motifs is 1. The van der Waals surface area contributed by atoms with Crippen molar-refractivity contribution in [3.05, 3.63) is 29.3 Å². The standard InChI is InChI=1S/C16H20N2O4S/c1-16(2)12-7-10(3-4-13(12)18-15(16)20)8-14(19)17-11-5-6-23(21,22)9-11/h3-4,7,11H,5-6,8-9H2,1-2H3,(H,17,19)(H,18,20). The molecular weight excluding hydrogens is 316 g/mol. The van der Waals surface area contributed by atoms with Crippen LogP contribution in [0.3, 0.4) is 0 Å². The van der Waals surface area contributed by atoms with E-state index in [0.717, 1.165) is 16.8 Å². The zero-order chi connectivity index (χ0) is 16.8. The minimum absolute atomic E-state index is 0.0222. The van der Waals surface area contributed by atoms with Gasteiger partial charge >= 0.3 is 0 Å². The lowest BCUT2D eigenvalue weighted by molar-refractivity contribution is -0.121. The number of benzene rings is 1. The Morgan fingerprint density at radius 3 is 2.78 bits per heavy atom. The number of carbonyl (C=O) groups excluding carboxylic acids is 2. The van der Waals surface area contributed by atoms with E-state index in [1.165, 1.54) is 0 Å². The van der Waals surface area contributed by atoms with E-state index >= 15 is 0 Å². The van der Waals surface area contributed by atoms with E-state index in [2.05, 4.69) is 10.6 Å². The van der Waals surface area contributed by atoms with Gasteiger partial charge in [-0.05, 0) is 37.5 Å². The molecule has 2 heterocycles. The van der Waals surface area contributed by atoms with Crippen molar-refractivity contribution in [3.63, 3.8) is 0 Å². The lowest BCUT2D eigenvalue weighted by atomic mass is 9.85. The van der Waals surface area contributed by atoms with E-state index in [9.17, 15) is 18.0 Å². The quantitative estimate of drug-likeness (QED) is 0.852. The van der Waals surface area contributed by atoms with E-state index in [1.54, 1.807) is 0 Å². The van der Waals surface area contributed by atoms with E-state index in [-0.39, 0.29) is 35.8 Å². The predicted octanol–water partition coefficient (Wildman–Crippen LogP) is 0.762. The fraction of sp³-hybridized carbons (Fsp3) is 0.500. The molecule has 0 aliphatic carbocycles. The smallest absolute Gasteiger partial charge is 0.234 e. The number of hydrogen-bond donors (Lipinski definition) is 2. The molecule has 0 bridgehead atoms. The molecular formula is C16H20N2O4S. The maximum atomic E-state index is 12.1. The van der Waals surface area contributed by atoms with Crippen molar-refractivity contribution in [2.45, 2.75) is 38.1 Å². The molecule has 1 saturated heterocycles. The third-order valence-corrected chi connectivity index (χ3v) is 6.30. The number of sulfone groups is 1. The highest BCUT2D eigenvalue weighted by Gasteiger charge is 2.38. The SMILES string of the molecule is CC1(C)C(=O)Nc2ccc(CC(=O)NC3CCS(=O)(=O)C3)cc21. The van der Waals surface area contributed by atoms with Gasteiger partial charge in [0.1, 0.15) is 0 Å². The summed E-state index contributed by atoms with van der Waals surface area (Å²) >= 11 is 0. The first-order valence-electron chi connectivity index (χ1n) is 7.62. The topological polar surface area (TPSA) is 92.3 Å². The van der Waals surface area contributed by atoms with Crippen LogP contribution in [0.25, 0.3) is 0 Å². The molecule has 2 aliphatic rings. The normalized spacial score (nSPS) is 24.1. The van der Waals surface area contributed by atoms with Crippen molar-refractivity contribution in [1.29, 1.82) is 0 Å². The Kier molecular flexibility index (Phi) is 3.71. The van der Waals surface area contributed by atoms with Crippen molar-refractivity contribution in [2.24, 2.45) is 0 Å². The molecule has 1 aromatic rings. The van der Waals surface area contributed by atoms with E-state index < -0.39 is 15.3 Å². The number of anilines is 1. The van der Waals surface area contributed by atoms with Crippen LogP contribution < -0.4 is 10.6 Å². The Morgan fingerprint density at radius 2 is 2.13 bits per heavy atom. The van der Waals surface area contributed by atoms with Crippen LogP contribution in [0.2, 0.25) is 0 Å². The van der Waals surface area contributed by atoms with Crippen molar-refractivity contribution in [1.82, 2.24) is 5.32 Å². The fourth-order valence-corrected chi connectivity index (χ4v) is 4.77. The molecule has 2 amide bonds. The highest BCUT2D eigenvalue weighted by molar-refractivity contribution is 7.91. The Hall–Kier alpha value is -1.89. The first-order valence-corrected chi connectivity index (χ1v) is 9.44. The Morgan fingerprint density at radius 1 is 1.39 bits per heavy atom. The summed E-state index contributed by atoms with van der Waals surface area (Å²) < 4.78 is 22.8. The van der Waals surface area contributed by atoms with Gasteiger partial charge in [0.2, 0.25) is 11.8 Å². The molecule has 0 saturated carbocycles. The molecule has 1 atom stereocenters. The van der Waals surface area contributed by atoms with Gasteiger partial charge in [0, 0.05) is 11.7 Å². The van der Waals surface area contributed by atoms with Crippen LogP contribution in [0, 0.1) is 0 Å². The molecule has 1 fully saturated rings. The Labute approximate surface area is 135 Å². The molecule has 7 heteroatoms. The van der Waals surface area contributed by atoms with Crippen LogP contribution in [0.4, 0.5) is 5.69 Å². The molecule has 124 valence electrons. The number of rotatable bonds is 3. The molecule has 23 heavy (non-hydrogen) atoms. The van der Waals surface area contributed by atoms with Crippen LogP contribution in [0.5, 0.6) is 0 Å². The summed E-state index contributed by atoms with van der Waals surface area (Å²) in [5, 5.41) is 5.61. The van der Waals surface area contributed by atoms with E-state index in [0.29, 0.717) is 6.42 Å². The lowest BCUT2D eigenvalue weighted by Gasteiger charge is -2.16. The number of nitrogens with one attached hydrogen (secondary N) is 2. The van der Waals surface area contributed by atoms with Gasteiger partial charge < -0.3 is 10.6 Å². The zero-order valence-corrected chi connectivity index (χ0v) is 14.0. The fourth-order valence-electron chi connectivity index (χ4n) is 3.10. The molecule has 0 aromatic heterocycles.